The fourth-order valence-corrected chi connectivity index (χ4v) is 11.5. The first-order valence-corrected chi connectivity index (χ1v) is 20.8. The third kappa shape index (κ3) is 10.7. The van der Waals surface area contributed by atoms with Gasteiger partial charge in [-0.1, -0.05) is 87.5 Å². The Hall–Kier alpha value is -4.28. The number of hydrogen-bond acceptors (Lipinski definition) is 11. The second kappa shape index (κ2) is 20.6. The summed E-state index contributed by atoms with van der Waals surface area (Å²) in [7, 11) is -2.57. The predicted octanol–water partition coefficient (Wildman–Crippen LogP) is 3.16. The molecule has 3 aromatic rings. The van der Waals surface area contributed by atoms with Crippen LogP contribution in [0.25, 0.3) is 0 Å². The maximum Gasteiger partial charge on any atom is 0.264 e. The summed E-state index contributed by atoms with van der Waals surface area (Å²) in [5.41, 5.74) is 0.921. The lowest BCUT2D eigenvalue weighted by Gasteiger charge is -2.43. The Morgan fingerprint density at radius 1 is 0.655 bits per heavy atom. The Balaban J connectivity index is 0.869. The van der Waals surface area contributed by atoms with Gasteiger partial charge in [0.2, 0.25) is 11.8 Å². The van der Waals surface area contributed by atoms with Crippen molar-refractivity contribution >= 4 is 48.0 Å². The van der Waals surface area contributed by atoms with E-state index in [4.69, 9.17) is 28.1 Å². The third-order valence-corrected chi connectivity index (χ3v) is 14.5. The molecule has 0 bridgehead atoms. The van der Waals surface area contributed by atoms with Crippen LogP contribution in [-0.2, 0) is 37.7 Å². The molecule has 1 saturated heterocycles. The van der Waals surface area contributed by atoms with Crippen LogP contribution in [0.4, 0.5) is 5.69 Å². The first-order chi connectivity index (χ1) is 26.6. The number of fused-ring (bicyclic) bond motifs is 1. The van der Waals surface area contributed by atoms with Gasteiger partial charge in [0.25, 0.3) is 20.1 Å². The zero-order chi connectivity index (χ0) is 39.1. The van der Waals surface area contributed by atoms with Crippen molar-refractivity contribution in [1.29, 1.82) is 0 Å². The van der Waals surface area contributed by atoms with E-state index in [0.717, 1.165) is 4.90 Å². The Labute approximate surface area is 324 Å². The molecule has 1 fully saturated rings. The number of piperidine rings is 1. The summed E-state index contributed by atoms with van der Waals surface area (Å²) in [4.78, 5) is 51.0. The first-order valence-electron chi connectivity index (χ1n) is 18.9. The molecule has 13 nitrogen and oxygen atoms in total. The SMILES string of the molecule is CC(C)(C)[Si](OCCOCCOCCOCCOCCOCCNc1cccc2c1C(=O)N(C1CCC(=O)NC1=O)C2=O)(c1ccccc1)c1ccccc1. The number of anilines is 1. The number of hydrogen-bond donors (Lipinski definition) is 2. The van der Waals surface area contributed by atoms with Gasteiger partial charge in [-0.25, -0.2) is 0 Å². The van der Waals surface area contributed by atoms with E-state index >= 15 is 0 Å². The molecule has 2 aliphatic rings. The normalized spacial score (nSPS) is 16.1. The van der Waals surface area contributed by atoms with Crippen molar-refractivity contribution in [2.24, 2.45) is 0 Å². The van der Waals surface area contributed by atoms with Gasteiger partial charge in [-0.3, -0.25) is 29.4 Å². The number of amides is 4. The Bertz CT molecular complexity index is 1680. The highest BCUT2D eigenvalue weighted by Gasteiger charge is 2.50. The van der Waals surface area contributed by atoms with Crippen LogP contribution in [0.15, 0.2) is 78.9 Å². The third-order valence-electron chi connectivity index (χ3n) is 9.48. The monoisotopic (exact) mass is 775 g/mol. The summed E-state index contributed by atoms with van der Waals surface area (Å²) in [6, 6.07) is 25.1. The van der Waals surface area contributed by atoms with Crippen LogP contribution in [0, 0.1) is 0 Å². The zero-order valence-corrected chi connectivity index (χ0v) is 33.0. The van der Waals surface area contributed by atoms with Gasteiger partial charge in [-0.2, -0.15) is 0 Å². The second-order valence-electron chi connectivity index (χ2n) is 14.2. The van der Waals surface area contributed by atoms with Crippen molar-refractivity contribution in [3.8, 4) is 0 Å². The number of nitrogens with one attached hydrogen (secondary N) is 2. The summed E-state index contributed by atoms with van der Waals surface area (Å²) < 4.78 is 35.1. The lowest BCUT2D eigenvalue weighted by Crippen LogP contribution is -2.66. The molecule has 2 heterocycles. The fraction of sp³-hybridized carbons (Fsp3) is 0.463. The molecule has 1 unspecified atom stereocenters. The van der Waals surface area contributed by atoms with Crippen LogP contribution in [0.5, 0.6) is 0 Å². The van der Waals surface area contributed by atoms with Crippen molar-refractivity contribution in [3.05, 3.63) is 90.0 Å². The van der Waals surface area contributed by atoms with Gasteiger partial charge in [0.1, 0.15) is 6.04 Å². The minimum absolute atomic E-state index is 0.0681. The van der Waals surface area contributed by atoms with E-state index in [0.29, 0.717) is 84.9 Å². The largest absolute Gasteiger partial charge is 0.405 e. The van der Waals surface area contributed by atoms with E-state index < -0.39 is 38.0 Å². The highest BCUT2D eigenvalue weighted by molar-refractivity contribution is 6.99. The molecule has 2 N–H and O–H groups in total. The average molecular weight is 776 g/mol. The van der Waals surface area contributed by atoms with Crippen LogP contribution in [-0.4, -0.2) is 122 Å². The minimum atomic E-state index is -2.57. The summed E-state index contributed by atoms with van der Waals surface area (Å²) in [6.45, 7) is 12.0. The van der Waals surface area contributed by atoms with Crippen molar-refractivity contribution in [2.75, 3.05) is 84.5 Å². The van der Waals surface area contributed by atoms with E-state index in [2.05, 4.69) is 79.9 Å². The number of imide groups is 2. The molecule has 14 heteroatoms. The molecule has 0 aromatic heterocycles. The van der Waals surface area contributed by atoms with Crippen LogP contribution in [0.1, 0.15) is 54.3 Å². The highest BCUT2D eigenvalue weighted by atomic mass is 28.4. The minimum Gasteiger partial charge on any atom is -0.405 e. The molecule has 0 saturated carbocycles. The lowest BCUT2D eigenvalue weighted by molar-refractivity contribution is -0.136. The molecule has 3 aromatic carbocycles. The Morgan fingerprint density at radius 2 is 1.16 bits per heavy atom. The topological polar surface area (TPSA) is 151 Å². The average Bonchev–Trinajstić information content (AvgIpc) is 3.43. The summed E-state index contributed by atoms with van der Waals surface area (Å²) in [5, 5.41) is 7.77. The zero-order valence-electron chi connectivity index (χ0n) is 32.0. The van der Waals surface area contributed by atoms with Gasteiger partial charge in [0.05, 0.1) is 83.8 Å². The summed E-state index contributed by atoms with van der Waals surface area (Å²) >= 11 is 0. The molecule has 0 radical (unpaired) electrons. The Kier molecular flexibility index (Phi) is 15.7. The number of ether oxygens (including phenoxy) is 5. The highest BCUT2D eigenvalue weighted by Crippen LogP contribution is 2.37. The van der Waals surface area contributed by atoms with E-state index in [9.17, 15) is 19.2 Å². The fourth-order valence-electron chi connectivity index (χ4n) is 6.92. The van der Waals surface area contributed by atoms with Gasteiger partial charge in [-0.05, 0) is 34.0 Å². The summed E-state index contributed by atoms with van der Waals surface area (Å²) in [5.74, 6) is -2.15. The number of carbonyl (C=O) groups excluding carboxylic acids is 4. The molecule has 296 valence electrons. The molecule has 5 rings (SSSR count). The van der Waals surface area contributed by atoms with Crippen molar-refractivity contribution in [1.82, 2.24) is 10.2 Å². The van der Waals surface area contributed by atoms with Gasteiger partial charge < -0.3 is 33.4 Å². The predicted molar refractivity (Wildman–Crippen MR) is 209 cm³/mol. The van der Waals surface area contributed by atoms with E-state index in [1.807, 2.05) is 12.1 Å². The molecule has 55 heavy (non-hydrogen) atoms. The first kappa shape index (κ1) is 41.9. The molecule has 4 amide bonds. The van der Waals surface area contributed by atoms with Crippen molar-refractivity contribution in [3.63, 3.8) is 0 Å². The quantitative estimate of drug-likeness (QED) is 0.0831. The molecule has 1 atom stereocenters. The van der Waals surface area contributed by atoms with Crippen LogP contribution < -0.4 is 21.0 Å². The van der Waals surface area contributed by atoms with E-state index in [1.165, 1.54) is 10.4 Å². The maximum absolute atomic E-state index is 13.2. The molecule has 0 spiro atoms. The number of benzene rings is 3. The second-order valence-corrected chi connectivity index (χ2v) is 18.5. The van der Waals surface area contributed by atoms with Crippen molar-refractivity contribution in [2.45, 2.75) is 44.7 Å². The molecule has 2 aliphatic heterocycles. The van der Waals surface area contributed by atoms with Crippen LogP contribution in [0.2, 0.25) is 5.04 Å². The van der Waals surface area contributed by atoms with Gasteiger partial charge >= 0.3 is 0 Å². The van der Waals surface area contributed by atoms with Gasteiger partial charge in [-0.15, -0.1) is 0 Å². The van der Waals surface area contributed by atoms with Crippen LogP contribution in [0.3, 0.4) is 0 Å². The smallest absolute Gasteiger partial charge is 0.264 e. The van der Waals surface area contributed by atoms with Crippen molar-refractivity contribution < 1.29 is 47.3 Å². The number of nitrogens with zero attached hydrogens (tertiary/aromatic N) is 1. The Morgan fingerprint density at radius 3 is 1.67 bits per heavy atom. The maximum atomic E-state index is 13.2. The summed E-state index contributed by atoms with van der Waals surface area (Å²) in [6.07, 6.45) is 0.174. The molecular weight excluding hydrogens is 723 g/mol. The number of rotatable bonds is 23. The lowest BCUT2D eigenvalue weighted by atomic mass is 10.0. The van der Waals surface area contributed by atoms with Gasteiger partial charge in [0.15, 0.2) is 0 Å². The standard InChI is InChI=1S/C41H53N3O10Si/c1-41(2,3)55(31-11-6-4-7-12-31,32-13-8-5-9-14-32)54-30-29-53-28-27-52-26-25-51-24-23-50-22-21-49-20-19-42-34-16-10-15-33-37(34)40(48)44(39(33)47)35-17-18-36(45)43-38(35)46/h4-16,35,42H,17-30H2,1-3H3,(H,43,45,46). The molecule has 0 aliphatic carbocycles. The van der Waals surface area contributed by atoms with Gasteiger partial charge in [0, 0.05) is 18.7 Å². The van der Waals surface area contributed by atoms with E-state index in [-0.39, 0.29) is 29.0 Å². The van der Waals surface area contributed by atoms with E-state index in [1.54, 1.807) is 18.2 Å². The number of carbonyl (C=O) groups is 4. The molecular formula is C41H53N3O10Si. The van der Waals surface area contributed by atoms with Crippen LogP contribution >= 0.6 is 0 Å².